The van der Waals surface area contributed by atoms with Gasteiger partial charge in [-0.25, -0.2) is 8.78 Å². The molecule has 0 aromatic heterocycles. The second kappa shape index (κ2) is 6.33. The van der Waals surface area contributed by atoms with Crippen LogP contribution in [0.15, 0.2) is 23.1 Å². The summed E-state index contributed by atoms with van der Waals surface area (Å²) in [5, 5.41) is 8.30. The first-order valence-corrected chi connectivity index (χ1v) is 6.17. The average Bonchev–Trinajstić information content (AvgIpc) is 2.24. The van der Waals surface area contributed by atoms with E-state index in [0.717, 1.165) is 12.1 Å². The number of hydrogen-bond acceptors (Lipinski definition) is 2. The van der Waals surface area contributed by atoms with Crippen LogP contribution in [0, 0.1) is 23.0 Å². The highest BCUT2D eigenvalue weighted by molar-refractivity contribution is 7.85. The van der Waals surface area contributed by atoms with Gasteiger partial charge < -0.3 is 0 Å². The van der Waals surface area contributed by atoms with E-state index in [1.807, 2.05) is 6.07 Å². The second-order valence-electron chi connectivity index (χ2n) is 3.24. The molecule has 0 amide bonds. The van der Waals surface area contributed by atoms with E-state index < -0.39 is 22.4 Å². The van der Waals surface area contributed by atoms with Crippen molar-refractivity contribution in [3.63, 3.8) is 0 Å². The van der Waals surface area contributed by atoms with Crippen molar-refractivity contribution in [3.8, 4) is 6.07 Å². The van der Waals surface area contributed by atoms with Crippen LogP contribution in [-0.4, -0.2) is 9.96 Å². The van der Waals surface area contributed by atoms with Gasteiger partial charge in [-0.15, -0.1) is 0 Å². The lowest BCUT2D eigenvalue weighted by atomic mass is 10.3. The van der Waals surface area contributed by atoms with Crippen LogP contribution in [-0.2, 0) is 10.8 Å². The van der Waals surface area contributed by atoms with E-state index in [0.29, 0.717) is 25.0 Å². The third kappa shape index (κ3) is 3.70. The standard InChI is InChI=1S/C11H11F2NOS/c12-9-4-5-11(10(13)8-9)16(15)7-3-1-2-6-14/h4-5,8H,1-3,7H2. The minimum absolute atomic E-state index is 0.0263. The van der Waals surface area contributed by atoms with E-state index in [1.165, 1.54) is 6.07 Å². The molecule has 0 fully saturated rings. The van der Waals surface area contributed by atoms with Crippen molar-refractivity contribution in [1.29, 1.82) is 5.26 Å². The van der Waals surface area contributed by atoms with Crippen LogP contribution in [0.1, 0.15) is 19.3 Å². The van der Waals surface area contributed by atoms with Crippen LogP contribution < -0.4 is 0 Å². The molecule has 0 radical (unpaired) electrons. The van der Waals surface area contributed by atoms with Crippen molar-refractivity contribution in [2.24, 2.45) is 0 Å². The smallest absolute Gasteiger partial charge is 0.142 e. The zero-order valence-corrected chi connectivity index (χ0v) is 9.40. The molecule has 0 aliphatic carbocycles. The Balaban J connectivity index is 2.57. The summed E-state index contributed by atoms with van der Waals surface area (Å²) in [6, 6.07) is 4.99. The van der Waals surface area contributed by atoms with Crippen LogP contribution in [0.3, 0.4) is 0 Å². The minimum atomic E-state index is -1.46. The highest BCUT2D eigenvalue weighted by Gasteiger charge is 2.10. The van der Waals surface area contributed by atoms with Crippen LogP contribution in [0.5, 0.6) is 0 Å². The molecule has 1 unspecified atom stereocenters. The van der Waals surface area contributed by atoms with E-state index in [2.05, 4.69) is 0 Å². The van der Waals surface area contributed by atoms with Crippen LogP contribution in [0.2, 0.25) is 0 Å². The van der Waals surface area contributed by atoms with Gasteiger partial charge in [-0.05, 0) is 25.0 Å². The number of hydrogen-bond donors (Lipinski definition) is 0. The van der Waals surface area contributed by atoms with Crippen molar-refractivity contribution < 1.29 is 13.0 Å². The van der Waals surface area contributed by atoms with Crippen LogP contribution >= 0.6 is 0 Å². The van der Waals surface area contributed by atoms with Crippen molar-refractivity contribution in [1.82, 2.24) is 0 Å². The molecule has 1 atom stereocenters. The summed E-state index contributed by atoms with van der Waals surface area (Å²) < 4.78 is 37.4. The van der Waals surface area contributed by atoms with Gasteiger partial charge in [0.25, 0.3) is 0 Å². The molecular formula is C11H11F2NOS. The fraction of sp³-hybridized carbons (Fsp3) is 0.364. The Bertz CT molecular complexity index is 428. The Kier molecular flexibility index (Phi) is 5.06. The van der Waals surface area contributed by atoms with Gasteiger partial charge in [-0.3, -0.25) is 4.21 Å². The molecule has 2 nitrogen and oxygen atoms in total. The predicted molar refractivity (Wildman–Crippen MR) is 57.1 cm³/mol. The van der Waals surface area contributed by atoms with Crippen LogP contribution in [0.4, 0.5) is 8.78 Å². The minimum Gasteiger partial charge on any atom is -0.254 e. The number of nitrogens with zero attached hydrogens (tertiary/aromatic N) is 1. The lowest BCUT2D eigenvalue weighted by Gasteiger charge is -2.02. The first-order valence-electron chi connectivity index (χ1n) is 4.85. The van der Waals surface area contributed by atoms with Gasteiger partial charge in [0.05, 0.1) is 21.8 Å². The maximum Gasteiger partial charge on any atom is 0.142 e. The second-order valence-corrected chi connectivity index (χ2v) is 4.78. The van der Waals surface area contributed by atoms with Gasteiger partial charge in [-0.1, -0.05) is 0 Å². The molecule has 5 heteroatoms. The van der Waals surface area contributed by atoms with E-state index >= 15 is 0 Å². The monoisotopic (exact) mass is 243 g/mol. The molecule has 1 aromatic rings. The average molecular weight is 243 g/mol. The fourth-order valence-corrected chi connectivity index (χ4v) is 2.39. The maximum absolute atomic E-state index is 13.2. The summed E-state index contributed by atoms with van der Waals surface area (Å²) in [5.41, 5.74) is 0. The normalized spacial score (nSPS) is 12.1. The zero-order chi connectivity index (χ0) is 12.0. The molecule has 0 spiro atoms. The summed E-state index contributed by atoms with van der Waals surface area (Å²) >= 11 is 0. The predicted octanol–water partition coefficient (Wildman–Crippen LogP) is 2.77. The molecule has 0 aliphatic rings. The van der Waals surface area contributed by atoms with Gasteiger partial charge in [0, 0.05) is 18.2 Å². The van der Waals surface area contributed by atoms with Crippen molar-refractivity contribution in [2.75, 3.05) is 5.75 Å². The third-order valence-corrected chi connectivity index (χ3v) is 3.49. The topological polar surface area (TPSA) is 40.9 Å². The van der Waals surface area contributed by atoms with Crippen molar-refractivity contribution in [3.05, 3.63) is 29.8 Å². The lowest BCUT2D eigenvalue weighted by molar-refractivity contribution is 0.562. The first-order chi connectivity index (χ1) is 7.65. The van der Waals surface area contributed by atoms with Gasteiger partial charge in [0.2, 0.25) is 0 Å². The van der Waals surface area contributed by atoms with Gasteiger partial charge >= 0.3 is 0 Å². The summed E-state index contributed by atoms with van der Waals surface area (Å²) in [5.74, 6) is -1.16. The fourth-order valence-electron chi connectivity index (χ4n) is 1.21. The van der Waals surface area contributed by atoms with E-state index in [1.54, 1.807) is 0 Å². The molecule has 1 aromatic carbocycles. The quantitative estimate of drug-likeness (QED) is 0.746. The van der Waals surface area contributed by atoms with Gasteiger partial charge in [0.15, 0.2) is 0 Å². The highest BCUT2D eigenvalue weighted by atomic mass is 32.2. The molecule has 86 valence electrons. The lowest BCUT2D eigenvalue weighted by Crippen LogP contribution is -2.01. The number of rotatable bonds is 5. The molecule has 1 rings (SSSR count). The number of unbranched alkanes of at least 4 members (excludes halogenated alkanes) is 2. The van der Waals surface area contributed by atoms with Gasteiger partial charge in [-0.2, -0.15) is 5.26 Å². The van der Waals surface area contributed by atoms with Crippen LogP contribution in [0.25, 0.3) is 0 Å². The Morgan fingerprint density at radius 3 is 2.69 bits per heavy atom. The Morgan fingerprint density at radius 1 is 1.31 bits per heavy atom. The molecule has 0 saturated carbocycles. The molecule has 0 N–H and O–H groups in total. The maximum atomic E-state index is 13.2. The summed E-state index contributed by atoms with van der Waals surface area (Å²) in [4.78, 5) is 0.0263. The Morgan fingerprint density at radius 2 is 2.06 bits per heavy atom. The summed E-state index contributed by atoms with van der Waals surface area (Å²) in [6.45, 7) is 0. The Labute approximate surface area is 95.4 Å². The molecular weight excluding hydrogens is 232 g/mol. The van der Waals surface area contributed by atoms with Gasteiger partial charge in [0.1, 0.15) is 11.6 Å². The number of nitriles is 1. The van der Waals surface area contributed by atoms with Crippen molar-refractivity contribution in [2.45, 2.75) is 24.2 Å². The van der Waals surface area contributed by atoms with E-state index in [9.17, 15) is 13.0 Å². The Hall–Kier alpha value is -1.28. The summed E-state index contributed by atoms with van der Waals surface area (Å²) in [7, 11) is -1.46. The van der Waals surface area contributed by atoms with E-state index in [-0.39, 0.29) is 4.90 Å². The molecule has 0 saturated heterocycles. The molecule has 0 aliphatic heterocycles. The largest absolute Gasteiger partial charge is 0.254 e. The van der Waals surface area contributed by atoms with Crippen molar-refractivity contribution >= 4 is 10.8 Å². The van der Waals surface area contributed by atoms with E-state index in [4.69, 9.17) is 5.26 Å². The number of benzene rings is 1. The third-order valence-electron chi connectivity index (χ3n) is 2.01. The first kappa shape index (κ1) is 12.8. The highest BCUT2D eigenvalue weighted by Crippen LogP contribution is 2.15. The molecule has 0 bridgehead atoms. The number of halogens is 2. The molecule has 16 heavy (non-hydrogen) atoms. The SMILES string of the molecule is N#CCCCCS(=O)c1ccc(F)cc1F. The zero-order valence-electron chi connectivity index (χ0n) is 8.58. The molecule has 0 heterocycles. The summed E-state index contributed by atoms with van der Waals surface area (Å²) in [6.07, 6.45) is 1.64.